The van der Waals surface area contributed by atoms with Gasteiger partial charge in [-0.3, -0.25) is 0 Å². The Balaban J connectivity index is 1.78. The lowest BCUT2D eigenvalue weighted by atomic mass is 10.4. The lowest BCUT2D eigenvalue weighted by Crippen LogP contribution is -2.06. The molecule has 2 aromatic heterocycles. The first-order valence-electron chi connectivity index (χ1n) is 4.14. The normalized spacial score (nSPS) is 10.4. The van der Waals surface area contributed by atoms with Gasteiger partial charge in [0.1, 0.15) is 0 Å². The predicted octanol–water partition coefficient (Wildman–Crippen LogP) is 0.416. The van der Waals surface area contributed by atoms with E-state index in [2.05, 4.69) is 30.1 Å². The number of aryl methyl sites for hydroxylation is 1. The summed E-state index contributed by atoms with van der Waals surface area (Å²) in [7, 11) is 0. The van der Waals surface area contributed by atoms with Crippen LogP contribution >= 0.6 is 0 Å². The first-order valence-corrected chi connectivity index (χ1v) is 4.14. The van der Waals surface area contributed by atoms with Crippen molar-refractivity contribution in [3.63, 3.8) is 0 Å². The standard InChI is InChI=1S/C7H9N5O2/c1-5-10-7(14-11-5)8-3-2-6-9-4-13-12-6/h4H,2-3H2,1H3,(H,8,10,11). The minimum absolute atomic E-state index is 0.408. The second-order valence-corrected chi connectivity index (χ2v) is 2.67. The van der Waals surface area contributed by atoms with Crippen molar-refractivity contribution in [2.45, 2.75) is 13.3 Å². The smallest absolute Gasteiger partial charge is 0.321 e. The van der Waals surface area contributed by atoms with E-state index >= 15 is 0 Å². The fourth-order valence-corrected chi connectivity index (χ4v) is 0.953. The Morgan fingerprint density at radius 2 is 2.36 bits per heavy atom. The highest BCUT2D eigenvalue weighted by atomic mass is 16.5. The van der Waals surface area contributed by atoms with Crippen molar-refractivity contribution in [3.05, 3.63) is 18.0 Å². The molecular weight excluding hydrogens is 186 g/mol. The highest BCUT2D eigenvalue weighted by molar-refractivity contribution is 5.17. The molecule has 74 valence electrons. The number of aromatic nitrogens is 4. The van der Waals surface area contributed by atoms with Crippen LogP contribution in [0.5, 0.6) is 0 Å². The van der Waals surface area contributed by atoms with Crippen molar-refractivity contribution in [2.24, 2.45) is 0 Å². The minimum Gasteiger partial charge on any atom is -0.343 e. The molecule has 0 aliphatic carbocycles. The zero-order valence-corrected chi connectivity index (χ0v) is 7.60. The van der Waals surface area contributed by atoms with Crippen molar-refractivity contribution in [3.8, 4) is 0 Å². The summed E-state index contributed by atoms with van der Waals surface area (Å²) >= 11 is 0. The van der Waals surface area contributed by atoms with Crippen LogP contribution in [0, 0.1) is 6.92 Å². The van der Waals surface area contributed by atoms with Crippen LogP contribution in [0.25, 0.3) is 0 Å². The maximum absolute atomic E-state index is 4.85. The largest absolute Gasteiger partial charge is 0.343 e. The van der Waals surface area contributed by atoms with Crippen LogP contribution in [0.3, 0.4) is 0 Å². The van der Waals surface area contributed by atoms with Crippen LogP contribution in [0.1, 0.15) is 11.6 Å². The lowest BCUT2D eigenvalue weighted by molar-refractivity contribution is 0.409. The van der Waals surface area contributed by atoms with Crippen molar-refractivity contribution < 1.29 is 9.05 Å². The maximum Gasteiger partial charge on any atom is 0.321 e. The molecule has 0 aliphatic rings. The molecular formula is C7H9N5O2. The van der Waals surface area contributed by atoms with E-state index in [1.807, 2.05) is 0 Å². The molecule has 0 unspecified atom stereocenters. The van der Waals surface area contributed by atoms with Crippen LogP contribution in [-0.4, -0.2) is 26.8 Å². The number of rotatable bonds is 4. The molecule has 1 N–H and O–H groups in total. The molecule has 0 aromatic carbocycles. The summed E-state index contributed by atoms with van der Waals surface area (Å²) in [5, 5.41) is 10.2. The van der Waals surface area contributed by atoms with Crippen LogP contribution < -0.4 is 5.32 Å². The van der Waals surface area contributed by atoms with E-state index < -0.39 is 0 Å². The number of anilines is 1. The molecule has 2 aromatic rings. The van der Waals surface area contributed by atoms with Crippen molar-refractivity contribution in [1.82, 2.24) is 20.3 Å². The fraction of sp³-hybridized carbons (Fsp3) is 0.429. The second kappa shape index (κ2) is 3.86. The molecule has 2 rings (SSSR count). The molecule has 0 aliphatic heterocycles. The summed E-state index contributed by atoms with van der Waals surface area (Å²) in [4.78, 5) is 7.84. The van der Waals surface area contributed by atoms with E-state index in [9.17, 15) is 0 Å². The Labute approximate surface area is 79.5 Å². The molecule has 7 nitrogen and oxygen atoms in total. The minimum atomic E-state index is 0.408. The first kappa shape index (κ1) is 8.67. The van der Waals surface area contributed by atoms with Gasteiger partial charge in [-0.25, -0.2) is 0 Å². The molecule has 14 heavy (non-hydrogen) atoms. The molecule has 2 heterocycles. The van der Waals surface area contributed by atoms with Crippen molar-refractivity contribution in [2.75, 3.05) is 11.9 Å². The summed E-state index contributed by atoms with van der Waals surface area (Å²) in [6, 6.07) is 0.408. The van der Waals surface area contributed by atoms with Gasteiger partial charge in [-0.15, -0.1) is 0 Å². The Morgan fingerprint density at radius 1 is 1.43 bits per heavy atom. The molecule has 0 fully saturated rings. The average Bonchev–Trinajstić information content (AvgIpc) is 2.77. The van der Waals surface area contributed by atoms with Gasteiger partial charge in [-0.1, -0.05) is 10.3 Å². The van der Waals surface area contributed by atoms with E-state index in [4.69, 9.17) is 4.52 Å². The summed E-state index contributed by atoms with van der Waals surface area (Å²) in [5.41, 5.74) is 0. The Hall–Kier alpha value is -1.92. The zero-order valence-electron chi connectivity index (χ0n) is 7.60. The third kappa shape index (κ3) is 2.06. The van der Waals surface area contributed by atoms with E-state index in [-0.39, 0.29) is 0 Å². The zero-order chi connectivity index (χ0) is 9.80. The van der Waals surface area contributed by atoms with Gasteiger partial charge in [0.25, 0.3) is 0 Å². The van der Waals surface area contributed by atoms with E-state index in [1.165, 1.54) is 6.39 Å². The molecule has 0 amide bonds. The van der Waals surface area contributed by atoms with Crippen LogP contribution in [0.4, 0.5) is 6.01 Å². The quantitative estimate of drug-likeness (QED) is 0.755. The van der Waals surface area contributed by atoms with Crippen LogP contribution in [0.2, 0.25) is 0 Å². The van der Waals surface area contributed by atoms with Gasteiger partial charge in [0.2, 0.25) is 6.39 Å². The van der Waals surface area contributed by atoms with E-state index in [1.54, 1.807) is 6.92 Å². The topological polar surface area (TPSA) is 89.9 Å². The predicted molar refractivity (Wildman–Crippen MR) is 45.5 cm³/mol. The van der Waals surface area contributed by atoms with Crippen molar-refractivity contribution >= 4 is 6.01 Å². The molecule has 0 bridgehead atoms. The fourth-order valence-electron chi connectivity index (χ4n) is 0.953. The highest BCUT2D eigenvalue weighted by Gasteiger charge is 2.02. The Bertz CT molecular complexity index is 382. The second-order valence-electron chi connectivity index (χ2n) is 2.67. The lowest BCUT2D eigenvalue weighted by Gasteiger charge is -1.95. The summed E-state index contributed by atoms with van der Waals surface area (Å²) in [5.74, 6) is 1.25. The van der Waals surface area contributed by atoms with E-state index in [0.29, 0.717) is 30.6 Å². The van der Waals surface area contributed by atoms with Gasteiger partial charge in [0, 0.05) is 13.0 Å². The molecule has 0 saturated carbocycles. The van der Waals surface area contributed by atoms with Crippen LogP contribution in [0.15, 0.2) is 15.4 Å². The third-order valence-electron chi connectivity index (χ3n) is 1.56. The van der Waals surface area contributed by atoms with Gasteiger partial charge < -0.3 is 14.4 Å². The molecule has 0 atom stereocenters. The molecule has 0 spiro atoms. The Morgan fingerprint density at radius 3 is 3.00 bits per heavy atom. The molecule has 0 radical (unpaired) electrons. The highest BCUT2D eigenvalue weighted by Crippen LogP contribution is 2.01. The van der Waals surface area contributed by atoms with Gasteiger partial charge >= 0.3 is 6.01 Å². The van der Waals surface area contributed by atoms with Gasteiger partial charge in [-0.2, -0.15) is 9.97 Å². The van der Waals surface area contributed by atoms with Gasteiger partial charge in [0.15, 0.2) is 11.6 Å². The van der Waals surface area contributed by atoms with Crippen LogP contribution in [-0.2, 0) is 6.42 Å². The number of hydrogen-bond donors (Lipinski definition) is 1. The Kier molecular flexibility index (Phi) is 2.39. The first-order chi connectivity index (χ1) is 6.84. The number of nitrogens with one attached hydrogen (secondary N) is 1. The summed E-state index contributed by atoms with van der Waals surface area (Å²) in [6.07, 6.45) is 1.95. The SMILES string of the molecule is Cc1noc(NCCc2ncon2)n1. The van der Waals surface area contributed by atoms with Crippen molar-refractivity contribution in [1.29, 1.82) is 0 Å². The third-order valence-corrected chi connectivity index (χ3v) is 1.56. The molecule has 7 heteroatoms. The maximum atomic E-state index is 4.85. The monoisotopic (exact) mass is 195 g/mol. The van der Waals surface area contributed by atoms with Gasteiger partial charge in [-0.05, 0) is 6.92 Å². The van der Waals surface area contributed by atoms with E-state index in [0.717, 1.165) is 0 Å². The average molecular weight is 195 g/mol. The van der Waals surface area contributed by atoms with Gasteiger partial charge in [0.05, 0.1) is 0 Å². The summed E-state index contributed by atoms with van der Waals surface area (Å²) < 4.78 is 9.43. The summed E-state index contributed by atoms with van der Waals surface area (Å²) in [6.45, 7) is 2.38. The number of nitrogens with zero attached hydrogens (tertiary/aromatic N) is 4. The molecule has 0 saturated heterocycles. The number of hydrogen-bond acceptors (Lipinski definition) is 7.